The molecule has 0 unspecified atom stereocenters. The van der Waals surface area contributed by atoms with E-state index in [0.29, 0.717) is 11.5 Å². The van der Waals surface area contributed by atoms with E-state index in [1.807, 2.05) is 24.3 Å². The fraction of sp³-hybridized carbons (Fsp3) is 0.0556. The summed E-state index contributed by atoms with van der Waals surface area (Å²) in [6.07, 6.45) is 0. The minimum absolute atomic E-state index is 0.0209. The lowest BCUT2D eigenvalue weighted by Crippen LogP contribution is -2.29. The highest BCUT2D eigenvalue weighted by Gasteiger charge is 2.43. The first-order valence-electron chi connectivity index (χ1n) is 15.0. The van der Waals surface area contributed by atoms with E-state index < -0.39 is 44.9 Å². The van der Waals surface area contributed by atoms with Gasteiger partial charge < -0.3 is 9.47 Å². The normalized spacial score (nSPS) is 13.4. The molecular weight excluding hydrogens is 648 g/mol. The summed E-state index contributed by atoms with van der Waals surface area (Å²) < 4.78 is 11.7. The zero-order valence-electron chi connectivity index (χ0n) is 25.7. The first kappa shape index (κ1) is 31.4. The lowest BCUT2D eigenvalue weighted by Gasteiger charge is -2.15. The van der Waals surface area contributed by atoms with Crippen LogP contribution >= 0.6 is 0 Å². The number of amides is 4. The van der Waals surface area contributed by atoms with E-state index in [1.165, 1.54) is 60.7 Å². The van der Waals surface area contributed by atoms with Crippen molar-refractivity contribution in [2.75, 3.05) is 9.80 Å². The van der Waals surface area contributed by atoms with Crippen molar-refractivity contribution in [2.24, 2.45) is 0 Å². The number of anilines is 2. The van der Waals surface area contributed by atoms with Gasteiger partial charge >= 0.3 is 0 Å². The van der Waals surface area contributed by atoms with Crippen LogP contribution < -0.4 is 19.3 Å². The smallest absolute Gasteiger partial charge is 0.283 e. The Morgan fingerprint density at radius 1 is 0.480 bits per heavy atom. The number of nitro groups is 2. The molecule has 4 amide bonds. The minimum atomic E-state index is -0.761. The summed E-state index contributed by atoms with van der Waals surface area (Å²) in [5, 5.41) is 22.8. The van der Waals surface area contributed by atoms with Crippen molar-refractivity contribution in [3.63, 3.8) is 0 Å². The molecule has 0 radical (unpaired) electrons. The molecule has 14 heteroatoms. The fourth-order valence-corrected chi connectivity index (χ4v) is 5.76. The van der Waals surface area contributed by atoms with Crippen LogP contribution in [0.15, 0.2) is 109 Å². The molecule has 5 aromatic carbocycles. The Hall–Kier alpha value is -7.22. The molecule has 0 aliphatic carbocycles. The monoisotopic (exact) mass is 670 g/mol. The molecule has 2 heterocycles. The van der Waals surface area contributed by atoms with Gasteiger partial charge in [0.1, 0.15) is 35.8 Å². The second-order valence-electron chi connectivity index (χ2n) is 11.2. The summed E-state index contributed by atoms with van der Waals surface area (Å²) in [6.45, 7) is 0.449. The summed E-state index contributed by atoms with van der Waals surface area (Å²) in [7, 11) is 0. The van der Waals surface area contributed by atoms with Gasteiger partial charge in [-0.15, -0.1) is 0 Å². The van der Waals surface area contributed by atoms with Crippen LogP contribution in [0.5, 0.6) is 11.5 Å². The van der Waals surface area contributed by atoms with Gasteiger partial charge in [0.05, 0.1) is 32.3 Å². The SMILES string of the molecule is O=C1c2cccc([N+](=O)[O-])c2C(=O)N1c1ccc(OCc2ccc(COc3ccc(N4C(=O)c5cccc([N+](=O)[O-])c5C4=O)cc3)cc2)cc1. The molecule has 0 atom stereocenters. The molecule has 0 saturated carbocycles. The number of fused-ring (bicyclic) bond motifs is 2. The van der Waals surface area contributed by atoms with Crippen molar-refractivity contribution in [1.82, 2.24) is 0 Å². The maximum absolute atomic E-state index is 12.9. The lowest BCUT2D eigenvalue weighted by molar-refractivity contribution is -0.385. The quantitative estimate of drug-likeness (QED) is 0.0935. The number of ether oxygens (including phenoxy) is 2. The Bertz CT molecular complexity index is 2090. The zero-order chi connectivity index (χ0) is 35.1. The van der Waals surface area contributed by atoms with Crippen LogP contribution in [0.4, 0.5) is 22.7 Å². The molecule has 5 aromatic rings. The Kier molecular flexibility index (Phi) is 7.80. The average Bonchev–Trinajstić information content (AvgIpc) is 3.54. The van der Waals surface area contributed by atoms with E-state index in [1.54, 1.807) is 24.3 Å². The average molecular weight is 671 g/mol. The molecule has 14 nitrogen and oxygen atoms in total. The largest absolute Gasteiger partial charge is 0.489 e. The highest BCUT2D eigenvalue weighted by Crippen LogP contribution is 2.36. The van der Waals surface area contributed by atoms with E-state index in [9.17, 15) is 39.4 Å². The summed E-state index contributed by atoms with van der Waals surface area (Å²) in [5.41, 5.74) is 0.881. The standard InChI is InChI=1S/C36H22N4O10/c41-33-27-3-1-5-29(39(45)46)31(27)35(43)37(33)23-11-15-25(16-12-23)49-19-21-7-9-22(10-8-21)20-50-26-17-13-24(14-18-26)38-34(42)28-4-2-6-30(40(47)48)32(28)36(38)44/h1-18H,19-20H2. The molecule has 246 valence electrons. The van der Waals surface area contributed by atoms with Gasteiger partial charge in [-0.3, -0.25) is 39.4 Å². The van der Waals surface area contributed by atoms with E-state index in [4.69, 9.17) is 9.47 Å². The fourth-order valence-electron chi connectivity index (χ4n) is 5.76. The van der Waals surface area contributed by atoms with Gasteiger partial charge in [0.25, 0.3) is 35.0 Å². The minimum Gasteiger partial charge on any atom is -0.489 e. The van der Waals surface area contributed by atoms with Crippen molar-refractivity contribution in [1.29, 1.82) is 0 Å². The predicted molar refractivity (Wildman–Crippen MR) is 176 cm³/mol. The molecule has 0 saturated heterocycles. The number of nitro benzene ring substituents is 2. The maximum Gasteiger partial charge on any atom is 0.283 e. The Morgan fingerprint density at radius 2 is 0.840 bits per heavy atom. The first-order valence-corrected chi connectivity index (χ1v) is 15.0. The number of nitrogens with zero attached hydrogens (tertiary/aromatic N) is 4. The molecule has 0 aromatic heterocycles. The van der Waals surface area contributed by atoms with Gasteiger partial charge in [-0.1, -0.05) is 36.4 Å². The molecule has 0 N–H and O–H groups in total. The maximum atomic E-state index is 12.9. The lowest BCUT2D eigenvalue weighted by atomic mass is 10.1. The second kappa shape index (κ2) is 12.4. The molecular formula is C36H22N4O10. The Labute approximate surface area is 282 Å². The summed E-state index contributed by atoms with van der Waals surface area (Å²) in [4.78, 5) is 74.9. The molecule has 7 rings (SSSR count). The van der Waals surface area contributed by atoms with Crippen LogP contribution in [0.3, 0.4) is 0 Å². The third-order valence-electron chi connectivity index (χ3n) is 8.20. The number of benzene rings is 5. The molecule has 2 aliphatic rings. The van der Waals surface area contributed by atoms with Gasteiger partial charge in [-0.25, -0.2) is 9.80 Å². The summed E-state index contributed by atoms with van der Waals surface area (Å²) in [6, 6.07) is 27.8. The molecule has 0 fully saturated rings. The third-order valence-corrected chi connectivity index (χ3v) is 8.20. The topological polar surface area (TPSA) is 180 Å². The van der Waals surface area contributed by atoms with Crippen molar-refractivity contribution in [2.45, 2.75) is 13.2 Å². The van der Waals surface area contributed by atoms with E-state index >= 15 is 0 Å². The van der Waals surface area contributed by atoms with Gasteiger partial charge in [0, 0.05) is 12.1 Å². The van der Waals surface area contributed by atoms with Gasteiger partial charge in [-0.2, -0.15) is 0 Å². The Balaban J connectivity index is 0.930. The van der Waals surface area contributed by atoms with E-state index in [0.717, 1.165) is 20.9 Å². The molecule has 50 heavy (non-hydrogen) atoms. The van der Waals surface area contributed by atoms with E-state index in [2.05, 4.69) is 0 Å². The van der Waals surface area contributed by atoms with Crippen LogP contribution in [0.2, 0.25) is 0 Å². The van der Waals surface area contributed by atoms with Gasteiger partial charge in [0.15, 0.2) is 0 Å². The van der Waals surface area contributed by atoms with Crippen molar-refractivity contribution in [3.8, 4) is 11.5 Å². The third kappa shape index (κ3) is 5.45. The number of carbonyl (C=O) groups is 4. The van der Waals surface area contributed by atoms with Gasteiger partial charge in [-0.05, 0) is 71.8 Å². The van der Waals surface area contributed by atoms with E-state index in [-0.39, 0.29) is 46.8 Å². The van der Waals surface area contributed by atoms with Gasteiger partial charge in [0.2, 0.25) is 0 Å². The predicted octanol–water partition coefficient (Wildman–Crippen LogP) is 6.26. The molecule has 2 aliphatic heterocycles. The van der Waals surface area contributed by atoms with Crippen LogP contribution in [0, 0.1) is 20.2 Å². The summed E-state index contributed by atoms with van der Waals surface area (Å²) in [5.74, 6) is -1.84. The summed E-state index contributed by atoms with van der Waals surface area (Å²) >= 11 is 0. The highest BCUT2D eigenvalue weighted by atomic mass is 16.6. The number of imide groups is 2. The van der Waals surface area contributed by atoms with Crippen molar-refractivity contribution < 1.29 is 38.5 Å². The Morgan fingerprint density at radius 3 is 1.18 bits per heavy atom. The zero-order valence-corrected chi connectivity index (χ0v) is 25.7. The number of carbonyl (C=O) groups excluding carboxylic acids is 4. The number of rotatable bonds is 10. The van der Waals surface area contributed by atoms with Crippen molar-refractivity contribution >= 4 is 46.4 Å². The second-order valence-corrected chi connectivity index (χ2v) is 11.2. The molecule has 0 spiro atoms. The van der Waals surface area contributed by atoms with Crippen LogP contribution in [-0.4, -0.2) is 33.5 Å². The van der Waals surface area contributed by atoms with Crippen LogP contribution in [0.1, 0.15) is 52.6 Å². The van der Waals surface area contributed by atoms with Crippen molar-refractivity contribution in [3.05, 3.63) is 163 Å². The number of hydrogen-bond acceptors (Lipinski definition) is 10. The van der Waals surface area contributed by atoms with Crippen LogP contribution in [-0.2, 0) is 13.2 Å². The first-order chi connectivity index (χ1) is 24.1. The number of hydrogen-bond donors (Lipinski definition) is 0. The van der Waals surface area contributed by atoms with Crippen LogP contribution in [0.25, 0.3) is 0 Å². The molecule has 0 bridgehead atoms. The highest BCUT2D eigenvalue weighted by molar-refractivity contribution is 6.36.